The topological polar surface area (TPSA) is 48.9 Å². The van der Waals surface area contributed by atoms with Crippen molar-refractivity contribution in [2.75, 3.05) is 33.2 Å². The third-order valence-corrected chi connectivity index (χ3v) is 3.95. The predicted octanol–water partition coefficient (Wildman–Crippen LogP) is 3.08. The van der Waals surface area contributed by atoms with Crippen molar-refractivity contribution in [1.29, 1.82) is 0 Å². The molecule has 0 saturated carbocycles. The molecular formula is C18H30F2N4O. The Balaban J connectivity index is 2.35. The minimum absolute atomic E-state index is 0.180. The molecule has 0 aliphatic carbocycles. The number of guanidine groups is 1. The number of aliphatic imine (C=N–C) groups is 1. The molecule has 25 heavy (non-hydrogen) atoms. The van der Waals surface area contributed by atoms with E-state index in [1.54, 1.807) is 25.2 Å². The van der Waals surface area contributed by atoms with Crippen molar-refractivity contribution in [2.45, 2.75) is 39.8 Å². The number of alkyl halides is 2. The van der Waals surface area contributed by atoms with Crippen LogP contribution < -0.4 is 15.4 Å². The Morgan fingerprint density at radius 3 is 2.52 bits per heavy atom. The minimum atomic E-state index is -2.83. The van der Waals surface area contributed by atoms with E-state index in [4.69, 9.17) is 0 Å². The van der Waals surface area contributed by atoms with Gasteiger partial charge in [-0.3, -0.25) is 4.99 Å². The van der Waals surface area contributed by atoms with E-state index in [-0.39, 0.29) is 5.75 Å². The number of halogens is 2. The zero-order valence-corrected chi connectivity index (χ0v) is 15.4. The van der Waals surface area contributed by atoms with E-state index in [9.17, 15) is 8.78 Å². The molecule has 0 bridgehead atoms. The van der Waals surface area contributed by atoms with Crippen molar-refractivity contribution in [1.82, 2.24) is 15.5 Å². The number of rotatable bonds is 11. The summed E-state index contributed by atoms with van der Waals surface area (Å²) in [6.45, 7) is 5.94. The third kappa shape index (κ3) is 8.67. The molecular weight excluding hydrogens is 326 g/mol. The first kappa shape index (κ1) is 21.2. The molecule has 0 aromatic heterocycles. The molecule has 1 rings (SSSR count). The van der Waals surface area contributed by atoms with Gasteiger partial charge in [0.25, 0.3) is 0 Å². The second kappa shape index (κ2) is 12.5. The van der Waals surface area contributed by atoms with Crippen LogP contribution in [0.1, 0.15) is 32.3 Å². The molecule has 7 heteroatoms. The smallest absolute Gasteiger partial charge is 0.387 e. The highest BCUT2D eigenvalue weighted by Crippen LogP contribution is 2.19. The van der Waals surface area contributed by atoms with Crippen LogP contribution in [0.5, 0.6) is 5.75 Å². The Kier molecular flexibility index (Phi) is 10.6. The lowest BCUT2D eigenvalue weighted by atomic mass is 10.2. The van der Waals surface area contributed by atoms with Gasteiger partial charge in [0.15, 0.2) is 5.96 Å². The van der Waals surface area contributed by atoms with Gasteiger partial charge in [-0.1, -0.05) is 32.0 Å². The molecule has 0 radical (unpaired) electrons. The summed E-state index contributed by atoms with van der Waals surface area (Å²) in [6, 6.07) is 6.75. The Labute approximate surface area is 149 Å². The Hall–Kier alpha value is -1.89. The maximum absolute atomic E-state index is 12.4. The first-order valence-electron chi connectivity index (χ1n) is 8.80. The Bertz CT molecular complexity index is 508. The summed E-state index contributed by atoms with van der Waals surface area (Å²) in [4.78, 5) is 6.55. The summed E-state index contributed by atoms with van der Waals surface area (Å²) in [5.74, 6) is 0.828. The van der Waals surface area contributed by atoms with Crippen molar-refractivity contribution in [2.24, 2.45) is 4.99 Å². The van der Waals surface area contributed by atoms with Gasteiger partial charge >= 0.3 is 6.61 Å². The third-order valence-electron chi connectivity index (χ3n) is 3.95. The maximum Gasteiger partial charge on any atom is 0.387 e. The number of hydrogen-bond donors (Lipinski definition) is 2. The van der Waals surface area contributed by atoms with Crippen LogP contribution in [0.3, 0.4) is 0 Å². The van der Waals surface area contributed by atoms with Crippen LogP contribution in [-0.2, 0) is 6.54 Å². The number of benzene rings is 1. The van der Waals surface area contributed by atoms with E-state index in [0.717, 1.165) is 39.0 Å². The van der Waals surface area contributed by atoms with Gasteiger partial charge in [-0.2, -0.15) is 8.78 Å². The summed E-state index contributed by atoms with van der Waals surface area (Å²) >= 11 is 0. The molecule has 2 N–H and O–H groups in total. The van der Waals surface area contributed by atoms with Gasteiger partial charge in [0.05, 0.1) is 0 Å². The fraction of sp³-hybridized carbons (Fsp3) is 0.611. The number of ether oxygens (including phenoxy) is 1. The van der Waals surface area contributed by atoms with Gasteiger partial charge in [0, 0.05) is 25.7 Å². The molecule has 0 fully saturated rings. The van der Waals surface area contributed by atoms with E-state index in [1.807, 2.05) is 0 Å². The molecule has 0 spiro atoms. The quantitative estimate of drug-likeness (QED) is 0.363. The van der Waals surface area contributed by atoms with Crippen molar-refractivity contribution in [3.05, 3.63) is 29.8 Å². The number of unbranched alkanes of at least 4 members (excludes halogenated alkanes) is 1. The molecule has 0 aliphatic heterocycles. The van der Waals surface area contributed by atoms with Gasteiger partial charge in [0.2, 0.25) is 0 Å². The fourth-order valence-electron chi connectivity index (χ4n) is 2.47. The molecule has 0 atom stereocenters. The Morgan fingerprint density at radius 2 is 1.88 bits per heavy atom. The van der Waals surface area contributed by atoms with Gasteiger partial charge in [-0.25, -0.2) is 0 Å². The van der Waals surface area contributed by atoms with Crippen LogP contribution in [0, 0.1) is 0 Å². The van der Waals surface area contributed by atoms with Crippen LogP contribution in [0.25, 0.3) is 0 Å². The van der Waals surface area contributed by atoms with Gasteiger partial charge in [-0.15, -0.1) is 0 Å². The first-order valence-corrected chi connectivity index (χ1v) is 8.80. The zero-order chi connectivity index (χ0) is 18.5. The largest absolute Gasteiger partial charge is 0.434 e. The summed E-state index contributed by atoms with van der Waals surface area (Å²) in [5.41, 5.74) is 0.660. The van der Waals surface area contributed by atoms with Crippen LogP contribution in [0.2, 0.25) is 0 Å². The fourth-order valence-corrected chi connectivity index (χ4v) is 2.47. The molecule has 0 heterocycles. The normalized spacial score (nSPS) is 11.9. The highest BCUT2D eigenvalue weighted by Gasteiger charge is 2.09. The van der Waals surface area contributed by atoms with Crippen molar-refractivity contribution in [3.8, 4) is 5.75 Å². The van der Waals surface area contributed by atoms with Crippen molar-refractivity contribution in [3.63, 3.8) is 0 Å². The highest BCUT2D eigenvalue weighted by molar-refractivity contribution is 5.79. The average Bonchev–Trinajstić information content (AvgIpc) is 2.61. The number of nitrogens with zero attached hydrogens (tertiary/aromatic N) is 2. The molecule has 0 amide bonds. The molecule has 5 nitrogen and oxygen atoms in total. The second-order valence-corrected chi connectivity index (χ2v) is 5.57. The molecule has 0 saturated heterocycles. The minimum Gasteiger partial charge on any atom is -0.434 e. The van der Waals surface area contributed by atoms with Crippen molar-refractivity contribution >= 4 is 5.96 Å². The van der Waals surface area contributed by atoms with Crippen LogP contribution in [-0.4, -0.2) is 50.7 Å². The van der Waals surface area contributed by atoms with E-state index < -0.39 is 6.61 Å². The van der Waals surface area contributed by atoms with Crippen LogP contribution in [0.4, 0.5) is 8.78 Å². The van der Waals surface area contributed by atoms with E-state index in [1.165, 1.54) is 6.07 Å². The summed E-state index contributed by atoms with van der Waals surface area (Å²) in [5, 5.41) is 6.37. The lowest BCUT2D eigenvalue weighted by Crippen LogP contribution is -2.37. The van der Waals surface area contributed by atoms with Gasteiger partial charge in [0.1, 0.15) is 5.75 Å². The van der Waals surface area contributed by atoms with E-state index in [2.05, 4.69) is 39.1 Å². The number of nitrogens with one attached hydrogen (secondary N) is 2. The van der Waals surface area contributed by atoms with Gasteiger partial charge in [-0.05, 0) is 38.5 Å². The lowest BCUT2D eigenvalue weighted by molar-refractivity contribution is -0.0504. The molecule has 142 valence electrons. The molecule has 1 aromatic rings. The molecule has 1 aromatic carbocycles. The lowest BCUT2D eigenvalue weighted by Gasteiger charge is -2.18. The number of para-hydroxylation sites is 1. The van der Waals surface area contributed by atoms with Crippen LogP contribution in [0.15, 0.2) is 29.3 Å². The predicted molar refractivity (Wildman–Crippen MR) is 98.3 cm³/mol. The second-order valence-electron chi connectivity index (χ2n) is 5.57. The zero-order valence-electron chi connectivity index (χ0n) is 15.4. The van der Waals surface area contributed by atoms with Gasteiger partial charge < -0.3 is 20.3 Å². The van der Waals surface area contributed by atoms with E-state index >= 15 is 0 Å². The SMILES string of the molecule is CCN(CC)CCCCNC(=NC)NCc1ccccc1OC(F)F. The molecule has 0 unspecified atom stereocenters. The number of hydrogen-bond acceptors (Lipinski definition) is 3. The first-order chi connectivity index (χ1) is 12.1. The van der Waals surface area contributed by atoms with E-state index in [0.29, 0.717) is 18.1 Å². The highest BCUT2D eigenvalue weighted by atomic mass is 19.3. The molecule has 0 aliphatic rings. The van der Waals surface area contributed by atoms with Crippen molar-refractivity contribution < 1.29 is 13.5 Å². The standard InChI is InChI=1S/C18H30F2N4O/c1-4-24(5-2)13-9-8-12-22-18(21-3)23-14-15-10-6-7-11-16(15)25-17(19)20/h6-7,10-11,17H,4-5,8-9,12-14H2,1-3H3,(H2,21,22,23). The summed E-state index contributed by atoms with van der Waals surface area (Å²) in [7, 11) is 1.69. The summed E-state index contributed by atoms with van der Waals surface area (Å²) in [6.07, 6.45) is 2.17. The Morgan fingerprint density at radius 1 is 1.16 bits per heavy atom. The average molecular weight is 356 g/mol. The maximum atomic E-state index is 12.4. The monoisotopic (exact) mass is 356 g/mol. The van der Waals surface area contributed by atoms with Crippen LogP contribution >= 0.6 is 0 Å². The summed E-state index contributed by atoms with van der Waals surface area (Å²) < 4.78 is 29.4.